The Morgan fingerprint density at radius 1 is 1.64 bits per heavy atom. The number of amides is 1. The second-order valence-electron chi connectivity index (χ2n) is 2.87. The fourth-order valence-corrected chi connectivity index (χ4v) is 1.30. The van der Waals surface area contributed by atoms with Gasteiger partial charge in [0.1, 0.15) is 0 Å². The molecule has 0 saturated carbocycles. The van der Waals surface area contributed by atoms with Crippen LogP contribution < -0.4 is 5.73 Å². The Hall–Kier alpha value is -0.280. The highest BCUT2D eigenvalue weighted by atomic mass is 35.5. The molecule has 0 aromatic heterocycles. The molecule has 1 fully saturated rings. The second kappa shape index (κ2) is 4.57. The van der Waals surface area contributed by atoms with Crippen LogP contribution in [0.25, 0.3) is 0 Å². The third-order valence-corrected chi connectivity index (χ3v) is 1.90. The molecule has 1 heterocycles. The molecule has 0 bridgehead atoms. The summed E-state index contributed by atoms with van der Waals surface area (Å²) < 4.78 is 0. The summed E-state index contributed by atoms with van der Waals surface area (Å²) in [4.78, 5) is 12.6. The molecule has 0 radical (unpaired) electrons. The summed E-state index contributed by atoms with van der Waals surface area (Å²) in [6, 6.07) is 0.206. The quantitative estimate of drug-likeness (QED) is 0.583. The van der Waals surface area contributed by atoms with E-state index in [0.29, 0.717) is 0 Å². The molecule has 3 nitrogen and oxygen atoms in total. The zero-order valence-electron chi connectivity index (χ0n) is 6.75. The zero-order valence-corrected chi connectivity index (χ0v) is 7.56. The van der Waals surface area contributed by atoms with Crippen molar-refractivity contribution in [2.75, 3.05) is 13.1 Å². The molecule has 4 heteroatoms. The van der Waals surface area contributed by atoms with Crippen molar-refractivity contribution in [3.05, 3.63) is 0 Å². The van der Waals surface area contributed by atoms with Crippen LogP contribution in [0.4, 0.5) is 0 Å². The van der Waals surface area contributed by atoms with Crippen molar-refractivity contribution in [2.45, 2.75) is 25.8 Å². The predicted molar refractivity (Wildman–Crippen MR) is 46.7 cm³/mol. The highest BCUT2D eigenvalue weighted by Gasteiger charge is 2.17. The molecular weight excluding hydrogens is 164 g/mol. The van der Waals surface area contributed by atoms with Gasteiger partial charge in [0.15, 0.2) is 0 Å². The van der Waals surface area contributed by atoms with Crippen LogP contribution >= 0.6 is 12.4 Å². The first-order valence-corrected chi connectivity index (χ1v) is 3.71. The summed E-state index contributed by atoms with van der Waals surface area (Å²) in [5.41, 5.74) is 5.67. The van der Waals surface area contributed by atoms with Crippen molar-refractivity contribution in [3.63, 3.8) is 0 Å². The van der Waals surface area contributed by atoms with Crippen LogP contribution in [0.3, 0.4) is 0 Å². The van der Waals surface area contributed by atoms with Gasteiger partial charge in [0, 0.05) is 26.1 Å². The van der Waals surface area contributed by atoms with E-state index in [9.17, 15) is 4.79 Å². The highest BCUT2D eigenvalue weighted by Crippen LogP contribution is 2.07. The van der Waals surface area contributed by atoms with Gasteiger partial charge in [-0.2, -0.15) is 0 Å². The van der Waals surface area contributed by atoms with Crippen LogP contribution in [0.5, 0.6) is 0 Å². The van der Waals surface area contributed by atoms with E-state index in [1.165, 1.54) is 0 Å². The van der Waals surface area contributed by atoms with Crippen molar-refractivity contribution < 1.29 is 4.79 Å². The van der Waals surface area contributed by atoms with Crippen molar-refractivity contribution in [1.29, 1.82) is 0 Å². The van der Waals surface area contributed by atoms with Crippen LogP contribution in [0.2, 0.25) is 0 Å². The van der Waals surface area contributed by atoms with E-state index in [2.05, 4.69) is 0 Å². The van der Waals surface area contributed by atoms with Gasteiger partial charge in [-0.15, -0.1) is 12.4 Å². The number of hydrogen-bond acceptors (Lipinski definition) is 2. The lowest BCUT2D eigenvalue weighted by Crippen LogP contribution is -2.44. The number of hydrogen-bond donors (Lipinski definition) is 1. The van der Waals surface area contributed by atoms with Gasteiger partial charge in [-0.3, -0.25) is 4.79 Å². The number of halogens is 1. The Morgan fingerprint density at radius 3 is 2.64 bits per heavy atom. The largest absolute Gasteiger partial charge is 0.341 e. The number of piperidine rings is 1. The molecule has 0 spiro atoms. The molecule has 1 atom stereocenters. The number of nitrogens with zero attached hydrogens (tertiary/aromatic N) is 1. The first-order chi connectivity index (χ1) is 4.70. The van der Waals surface area contributed by atoms with Gasteiger partial charge in [-0.1, -0.05) is 0 Å². The monoisotopic (exact) mass is 178 g/mol. The molecule has 0 aliphatic carbocycles. The number of carbonyl (C=O) groups excluding carboxylic acids is 1. The van der Waals surface area contributed by atoms with Gasteiger partial charge in [-0.05, 0) is 12.8 Å². The highest BCUT2D eigenvalue weighted by molar-refractivity contribution is 5.85. The lowest BCUT2D eigenvalue weighted by molar-refractivity contribution is -0.129. The summed E-state index contributed by atoms with van der Waals surface area (Å²) in [6.45, 7) is 3.23. The van der Waals surface area contributed by atoms with Crippen LogP contribution in [-0.4, -0.2) is 29.9 Å². The first kappa shape index (κ1) is 10.7. The minimum atomic E-state index is 0. The molecule has 66 valence electrons. The Labute approximate surface area is 73.3 Å². The van der Waals surface area contributed by atoms with Crippen molar-refractivity contribution in [3.8, 4) is 0 Å². The average molecular weight is 179 g/mol. The molecule has 1 aliphatic rings. The summed E-state index contributed by atoms with van der Waals surface area (Å²) in [6.07, 6.45) is 2.12. The van der Waals surface area contributed by atoms with E-state index >= 15 is 0 Å². The summed E-state index contributed by atoms with van der Waals surface area (Å²) in [7, 11) is 0. The smallest absolute Gasteiger partial charge is 0.219 e. The lowest BCUT2D eigenvalue weighted by atomic mass is 10.1. The molecule has 0 aromatic rings. The van der Waals surface area contributed by atoms with Crippen molar-refractivity contribution in [2.24, 2.45) is 5.73 Å². The Bertz CT molecular complexity index is 140. The fraction of sp³-hybridized carbons (Fsp3) is 0.857. The number of carbonyl (C=O) groups is 1. The summed E-state index contributed by atoms with van der Waals surface area (Å²) in [5.74, 6) is 0.148. The molecular formula is C7H15ClN2O. The molecule has 0 unspecified atom stereocenters. The molecule has 1 saturated heterocycles. The van der Waals surface area contributed by atoms with Crippen LogP contribution in [0.1, 0.15) is 19.8 Å². The average Bonchev–Trinajstić information content (AvgIpc) is 1.88. The number of likely N-dealkylation sites (tertiary alicyclic amines) is 1. The van der Waals surface area contributed by atoms with Crippen LogP contribution in [0.15, 0.2) is 0 Å². The minimum Gasteiger partial charge on any atom is -0.341 e. The standard InChI is InChI=1S/C7H14N2O.ClH/c1-6(10)9-4-2-3-7(8)5-9;/h7H,2-5,8H2,1H3;1H/t7-;/m1./s1. The van der Waals surface area contributed by atoms with E-state index in [4.69, 9.17) is 5.73 Å². The summed E-state index contributed by atoms with van der Waals surface area (Å²) >= 11 is 0. The van der Waals surface area contributed by atoms with E-state index in [1.54, 1.807) is 6.92 Å². The second-order valence-corrected chi connectivity index (χ2v) is 2.87. The zero-order chi connectivity index (χ0) is 7.56. The number of rotatable bonds is 0. The molecule has 1 rings (SSSR count). The minimum absolute atomic E-state index is 0. The van der Waals surface area contributed by atoms with Gasteiger partial charge in [0.05, 0.1) is 0 Å². The van der Waals surface area contributed by atoms with Gasteiger partial charge < -0.3 is 10.6 Å². The molecule has 2 N–H and O–H groups in total. The Kier molecular flexibility index (Phi) is 4.45. The molecule has 11 heavy (non-hydrogen) atoms. The molecule has 0 aromatic carbocycles. The third kappa shape index (κ3) is 3.08. The SMILES string of the molecule is CC(=O)N1CCC[C@@H](N)C1.Cl. The van der Waals surface area contributed by atoms with E-state index in [-0.39, 0.29) is 24.4 Å². The molecule has 1 amide bonds. The third-order valence-electron chi connectivity index (χ3n) is 1.90. The topological polar surface area (TPSA) is 46.3 Å². The van der Waals surface area contributed by atoms with Gasteiger partial charge >= 0.3 is 0 Å². The molecule has 1 aliphatic heterocycles. The van der Waals surface area contributed by atoms with E-state index < -0.39 is 0 Å². The van der Waals surface area contributed by atoms with Gasteiger partial charge in [0.2, 0.25) is 5.91 Å². The maximum absolute atomic E-state index is 10.8. The van der Waals surface area contributed by atoms with Crippen LogP contribution in [-0.2, 0) is 4.79 Å². The van der Waals surface area contributed by atoms with Gasteiger partial charge in [0.25, 0.3) is 0 Å². The lowest BCUT2D eigenvalue weighted by Gasteiger charge is -2.29. The Morgan fingerprint density at radius 2 is 2.27 bits per heavy atom. The maximum Gasteiger partial charge on any atom is 0.219 e. The van der Waals surface area contributed by atoms with E-state index in [0.717, 1.165) is 25.9 Å². The maximum atomic E-state index is 10.8. The predicted octanol–water partition coefficient (Wildman–Crippen LogP) is 0.378. The van der Waals surface area contributed by atoms with Crippen molar-refractivity contribution in [1.82, 2.24) is 4.90 Å². The van der Waals surface area contributed by atoms with Gasteiger partial charge in [-0.25, -0.2) is 0 Å². The Balaban J connectivity index is 0.000001000. The van der Waals surface area contributed by atoms with Crippen LogP contribution in [0, 0.1) is 0 Å². The number of nitrogens with two attached hydrogens (primary N) is 1. The first-order valence-electron chi connectivity index (χ1n) is 3.71. The fourth-order valence-electron chi connectivity index (χ4n) is 1.30. The van der Waals surface area contributed by atoms with Crippen molar-refractivity contribution >= 4 is 18.3 Å². The summed E-state index contributed by atoms with van der Waals surface area (Å²) in [5, 5.41) is 0. The van der Waals surface area contributed by atoms with E-state index in [1.807, 2.05) is 4.90 Å². The normalized spacial score (nSPS) is 24.2.